The zero-order chi connectivity index (χ0) is 27.8. The Bertz CT molecular complexity index is 651. The molecule has 0 heterocycles. The topological polar surface area (TPSA) is 55.4 Å². The molecule has 2 aliphatic carbocycles. The van der Waals surface area contributed by atoms with Crippen LogP contribution in [0.25, 0.3) is 11.1 Å². The maximum Gasteiger partial charge on any atom is 0.398 e. The summed E-state index contributed by atoms with van der Waals surface area (Å²) in [5, 5.41) is 0. The van der Waals surface area contributed by atoms with Crippen LogP contribution in [0.15, 0.2) is 40.9 Å². The average Bonchev–Trinajstić information content (AvgIpc) is 3.05. The van der Waals surface area contributed by atoms with Gasteiger partial charge in [0.05, 0.1) is 0 Å². The van der Waals surface area contributed by atoms with Gasteiger partial charge in [-0.05, 0) is 83.1 Å². The van der Waals surface area contributed by atoms with Crippen molar-refractivity contribution in [2.24, 2.45) is 0 Å². The molecular formula is C27H50BrCoO6P2+. The van der Waals surface area contributed by atoms with Crippen LogP contribution in [0.3, 0.4) is 0 Å². The van der Waals surface area contributed by atoms with Crippen LogP contribution in [-0.2, 0) is 43.9 Å². The van der Waals surface area contributed by atoms with Crippen molar-refractivity contribution in [2.45, 2.75) is 120 Å². The van der Waals surface area contributed by atoms with E-state index >= 15 is 0 Å². The number of benzene rings is 1. The van der Waals surface area contributed by atoms with E-state index in [-0.39, 0.29) is 53.4 Å². The molecule has 37 heavy (non-hydrogen) atoms. The minimum atomic E-state index is -1.54. The van der Waals surface area contributed by atoms with Crippen molar-refractivity contribution in [3.8, 4) is 11.1 Å². The maximum atomic E-state index is 5.53. The molecule has 0 fully saturated rings. The van der Waals surface area contributed by atoms with Gasteiger partial charge < -0.3 is 0 Å². The smallest absolute Gasteiger partial charge is 0.177 e. The van der Waals surface area contributed by atoms with Crippen molar-refractivity contribution in [1.29, 1.82) is 0 Å². The molecule has 0 aromatic rings. The van der Waals surface area contributed by atoms with Crippen molar-refractivity contribution in [3.05, 3.63) is 40.9 Å². The molecule has 0 aromatic heterocycles. The molecule has 219 valence electrons. The van der Waals surface area contributed by atoms with Gasteiger partial charge in [0.1, 0.15) is 36.6 Å². The zero-order valence-electron chi connectivity index (χ0n) is 24.6. The van der Waals surface area contributed by atoms with Crippen molar-refractivity contribution >= 4 is 33.1 Å². The molecule has 0 bridgehead atoms. The molecule has 0 atom stereocenters. The summed E-state index contributed by atoms with van der Waals surface area (Å²) in [4.78, 5) is 0. The standard InChI is InChI=1S/C9H6Br.2C9H22O3P.Co/c10-9-5-7-3-1-2-4-8(7)6-9;2*1-7(2)10-13(11-8(3)4)12-9(5)6;/h1-6H;2*7-9,13H,1-6H3;/q-1;2*+1;. The van der Waals surface area contributed by atoms with Crippen LogP contribution < -0.4 is 0 Å². The summed E-state index contributed by atoms with van der Waals surface area (Å²) in [5.41, 5.74) is 2.60. The van der Waals surface area contributed by atoms with E-state index in [9.17, 15) is 0 Å². The van der Waals surface area contributed by atoms with Crippen molar-refractivity contribution in [3.63, 3.8) is 0 Å². The van der Waals surface area contributed by atoms with Gasteiger partial charge in [0, 0.05) is 21.3 Å². The van der Waals surface area contributed by atoms with Gasteiger partial charge in [0.15, 0.2) is 0 Å². The summed E-state index contributed by atoms with van der Waals surface area (Å²) in [6, 6.07) is 12.6. The first kappa shape index (κ1) is 39.6. The predicted octanol–water partition coefficient (Wildman–Crippen LogP) is 9.71. The van der Waals surface area contributed by atoms with E-state index in [0.29, 0.717) is 0 Å². The summed E-state index contributed by atoms with van der Waals surface area (Å²) in [6.45, 7) is 23.8. The minimum absolute atomic E-state index is 0. The van der Waals surface area contributed by atoms with Gasteiger partial charge in [0.25, 0.3) is 0 Å². The summed E-state index contributed by atoms with van der Waals surface area (Å²) in [6.07, 6.45) is 0.952. The van der Waals surface area contributed by atoms with Crippen LogP contribution in [0.5, 0.6) is 0 Å². The second-order valence-electron chi connectivity index (χ2n) is 9.80. The molecule has 0 aliphatic heterocycles. The van der Waals surface area contributed by atoms with Crippen LogP contribution in [-0.4, -0.2) is 36.6 Å². The SMILES string of the molecule is Brc1cc2cc[cH-]cc-2c1.CC(C)O[PH+](OC(C)C)OC(C)C.CC(C)O[PH+](OC(C)C)OC(C)C.[Co]. The Morgan fingerprint density at radius 3 is 1.14 bits per heavy atom. The molecule has 2 aliphatic rings. The molecule has 0 N–H and O–H groups in total. The molecule has 0 amide bonds. The minimum Gasteiger partial charge on any atom is -0.177 e. The third-order valence-corrected chi connectivity index (χ3v) is 8.02. The Labute approximate surface area is 247 Å². The Morgan fingerprint density at radius 1 is 0.568 bits per heavy atom. The molecule has 0 aromatic carbocycles. The molecule has 2 rings (SSSR count). The first-order chi connectivity index (χ1) is 16.7. The monoisotopic (exact) mass is 670 g/mol. The van der Waals surface area contributed by atoms with E-state index in [2.05, 4.69) is 52.3 Å². The third-order valence-electron chi connectivity index (χ3n) is 3.57. The Morgan fingerprint density at radius 2 is 0.865 bits per heavy atom. The largest absolute Gasteiger partial charge is 0.398 e. The van der Waals surface area contributed by atoms with Gasteiger partial charge in [-0.1, -0.05) is 28.1 Å². The molecule has 0 unspecified atom stereocenters. The number of hydrogen-bond acceptors (Lipinski definition) is 6. The van der Waals surface area contributed by atoms with Crippen molar-refractivity contribution in [1.82, 2.24) is 0 Å². The van der Waals surface area contributed by atoms with Crippen molar-refractivity contribution in [2.75, 3.05) is 0 Å². The first-order valence-corrected chi connectivity index (χ1v) is 16.0. The average molecular weight is 671 g/mol. The van der Waals surface area contributed by atoms with Gasteiger partial charge in [-0.15, -0.1) is 11.1 Å². The quantitative estimate of drug-likeness (QED) is 0.166. The molecular weight excluding hydrogens is 621 g/mol. The summed E-state index contributed by atoms with van der Waals surface area (Å²) in [7, 11) is -3.09. The number of hydrogen-bond donors (Lipinski definition) is 0. The summed E-state index contributed by atoms with van der Waals surface area (Å²) in [5.74, 6) is 0. The molecule has 1 radical (unpaired) electrons. The number of fused-ring (bicyclic) bond motifs is 1. The third kappa shape index (κ3) is 22.9. The molecule has 6 nitrogen and oxygen atoms in total. The second-order valence-corrected chi connectivity index (χ2v) is 13.1. The van der Waals surface area contributed by atoms with Crippen LogP contribution >= 0.6 is 33.1 Å². The molecule has 0 saturated carbocycles. The van der Waals surface area contributed by atoms with Crippen molar-refractivity contribution < 1.29 is 43.9 Å². The van der Waals surface area contributed by atoms with Gasteiger partial charge in [-0.3, -0.25) is 0 Å². The fraction of sp³-hybridized carbons (Fsp3) is 0.667. The van der Waals surface area contributed by atoms with Gasteiger partial charge >= 0.3 is 17.2 Å². The molecule has 10 heteroatoms. The summed E-state index contributed by atoms with van der Waals surface area (Å²) < 4.78 is 34.3. The first-order valence-electron chi connectivity index (χ1n) is 12.7. The van der Waals surface area contributed by atoms with E-state index in [4.69, 9.17) is 27.1 Å². The summed E-state index contributed by atoms with van der Waals surface area (Å²) >= 11 is 3.42. The number of halogens is 1. The predicted molar refractivity (Wildman–Crippen MR) is 160 cm³/mol. The van der Waals surface area contributed by atoms with Gasteiger partial charge in [0.2, 0.25) is 0 Å². The van der Waals surface area contributed by atoms with Crippen LogP contribution in [0, 0.1) is 0 Å². The zero-order valence-corrected chi connectivity index (χ0v) is 29.2. The van der Waals surface area contributed by atoms with Crippen LogP contribution in [0.1, 0.15) is 83.1 Å². The molecule has 0 spiro atoms. The normalized spacial score (nSPS) is 11.6. The fourth-order valence-corrected chi connectivity index (χ4v) is 5.57. The molecule has 0 saturated heterocycles. The van der Waals surface area contributed by atoms with E-state index in [1.54, 1.807) is 0 Å². The second kappa shape index (κ2) is 22.2. The number of rotatable bonds is 12. The van der Waals surface area contributed by atoms with Crippen LogP contribution in [0.4, 0.5) is 0 Å². The van der Waals surface area contributed by atoms with E-state index < -0.39 is 17.2 Å². The fourth-order valence-electron chi connectivity index (χ4n) is 2.43. The van der Waals surface area contributed by atoms with E-state index in [1.807, 2.05) is 83.1 Å². The van der Waals surface area contributed by atoms with E-state index in [1.165, 1.54) is 11.1 Å². The Kier molecular flexibility index (Phi) is 23.7. The Balaban J connectivity index is 0. The van der Waals surface area contributed by atoms with E-state index in [0.717, 1.165) is 4.47 Å². The van der Waals surface area contributed by atoms with Crippen LogP contribution in [0.2, 0.25) is 0 Å². The van der Waals surface area contributed by atoms with Gasteiger partial charge in [-0.2, -0.15) is 51.4 Å². The van der Waals surface area contributed by atoms with Gasteiger partial charge in [-0.25, -0.2) is 0 Å². The Hall–Kier alpha value is 0.436. The maximum absolute atomic E-state index is 5.53.